The fourth-order valence-corrected chi connectivity index (χ4v) is 4.79. The number of nitrogens with zero attached hydrogens (tertiary/aromatic N) is 4. The molecule has 0 bridgehead atoms. The molecule has 2 aromatic rings. The summed E-state index contributed by atoms with van der Waals surface area (Å²) in [5.41, 5.74) is 0.0269. The van der Waals surface area contributed by atoms with Gasteiger partial charge < -0.3 is 24.6 Å². The largest absolute Gasteiger partial charge is 0.474 e. The highest BCUT2D eigenvalue weighted by Crippen LogP contribution is 2.34. The quantitative estimate of drug-likeness (QED) is 0.509. The first-order valence-electron chi connectivity index (χ1n) is 12.9. The van der Waals surface area contributed by atoms with Crippen LogP contribution in [0.1, 0.15) is 50.2 Å². The Balaban J connectivity index is 1.27. The Morgan fingerprint density at radius 2 is 1.87 bits per heavy atom. The van der Waals surface area contributed by atoms with Crippen molar-refractivity contribution in [3.8, 4) is 11.9 Å². The summed E-state index contributed by atoms with van der Waals surface area (Å²) in [5, 5.41) is 12.2. The normalized spacial score (nSPS) is 20.0. The fourth-order valence-electron chi connectivity index (χ4n) is 4.79. The molecule has 1 aromatic heterocycles. The molecule has 0 spiro atoms. The van der Waals surface area contributed by atoms with Gasteiger partial charge in [0, 0.05) is 55.9 Å². The van der Waals surface area contributed by atoms with E-state index in [1.165, 1.54) is 12.1 Å². The van der Waals surface area contributed by atoms with Crippen LogP contribution in [0.5, 0.6) is 5.88 Å². The van der Waals surface area contributed by atoms with Gasteiger partial charge >= 0.3 is 12.3 Å². The number of hydrogen-bond donors (Lipinski definition) is 1. The van der Waals surface area contributed by atoms with Crippen LogP contribution in [0.2, 0.25) is 0 Å². The third kappa shape index (κ3) is 7.00. The number of piperazine rings is 1. The van der Waals surface area contributed by atoms with Crippen molar-refractivity contribution in [3.63, 3.8) is 0 Å². The number of benzene rings is 1. The van der Waals surface area contributed by atoms with Crippen molar-refractivity contribution in [2.24, 2.45) is 0 Å². The van der Waals surface area contributed by atoms with Crippen molar-refractivity contribution in [2.75, 3.05) is 43.0 Å². The zero-order chi connectivity index (χ0) is 27.1. The minimum Gasteiger partial charge on any atom is -0.474 e. The van der Waals surface area contributed by atoms with Crippen LogP contribution < -0.4 is 15.0 Å². The molecule has 2 aliphatic rings. The number of halogens is 3. The van der Waals surface area contributed by atoms with Gasteiger partial charge in [0.15, 0.2) is 0 Å². The van der Waals surface area contributed by atoms with Crippen LogP contribution in [0.3, 0.4) is 0 Å². The molecule has 0 radical (unpaired) electrons. The number of hydrogen-bond acceptors (Lipinski definition) is 7. The maximum absolute atomic E-state index is 13.3. The molecule has 1 N–H and O–H groups in total. The fraction of sp³-hybridized carbons (Fsp3) is 0.519. The molecule has 1 aromatic carbocycles. The molecule has 204 valence electrons. The number of rotatable bonds is 7. The number of anilines is 2. The second-order valence-corrected chi connectivity index (χ2v) is 9.55. The molecule has 38 heavy (non-hydrogen) atoms. The number of amides is 1. The van der Waals surface area contributed by atoms with E-state index in [0.29, 0.717) is 44.4 Å². The van der Waals surface area contributed by atoms with E-state index in [2.05, 4.69) is 15.2 Å². The van der Waals surface area contributed by atoms with Crippen molar-refractivity contribution >= 4 is 17.5 Å². The lowest BCUT2D eigenvalue weighted by Gasteiger charge is -2.35. The molecule has 8 nitrogen and oxygen atoms in total. The zero-order valence-corrected chi connectivity index (χ0v) is 21.3. The number of ether oxygens (including phenoxy) is 2. The van der Waals surface area contributed by atoms with Gasteiger partial charge in [-0.05, 0) is 56.4 Å². The Kier molecular flexibility index (Phi) is 8.81. The van der Waals surface area contributed by atoms with Crippen molar-refractivity contribution in [1.29, 1.82) is 5.26 Å². The van der Waals surface area contributed by atoms with Gasteiger partial charge in [-0.25, -0.2) is 9.78 Å². The standard InChI is InChI=1S/C27H32F3N5O3/c1-2-15-37-26(36)35-13-11-34(12-14-35)22-9-10-32-25(17-22)38-23-7-5-20(6-8-23)33-21-4-3-19(18-31)24(16-21)27(28,29)30/h3-4,9-10,16-17,20,23,33H,2,5-8,11-15H2,1H3/t20-,23-. The summed E-state index contributed by atoms with van der Waals surface area (Å²) in [4.78, 5) is 20.3. The number of pyridine rings is 1. The predicted molar refractivity (Wildman–Crippen MR) is 136 cm³/mol. The highest BCUT2D eigenvalue weighted by molar-refractivity contribution is 5.68. The van der Waals surface area contributed by atoms with Crippen molar-refractivity contribution in [2.45, 2.75) is 57.3 Å². The van der Waals surface area contributed by atoms with Crippen LogP contribution in [0.25, 0.3) is 0 Å². The van der Waals surface area contributed by atoms with Crippen molar-refractivity contribution in [3.05, 3.63) is 47.7 Å². The molecular weight excluding hydrogens is 499 g/mol. The monoisotopic (exact) mass is 531 g/mol. The van der Waals surface area contributed by atoms with Crippen LogP contribution in [-0.2, 0) is 10.9 Å². The highest BCUT2D eigenvalue weighted by Gasteiger charge is 2.34. The SMILES string of the molecule is CCCOC(=O)N1CCN(c2ccnc(O[C@H]3CC[C@H](Nc4ccc(C#N)c(C(F)(F)F)c4)CC3)c2)CC1. The van der Waals surface area contributed by atoms with Gasteiger partial charge in [-0.2, -0.15) is 18.4 Å². The minimum atomic E-state index is -4.58. The first-order valence-corrected chi connectivity index (χ1v) is 12.9. The van der Waals surface area contributed by atoms with Crippen LogP contribution >= 0.6 is 0 Å². The van der Waals surface area contributed by atoms with Gasteiger partial charge in [-0.1, -0.05) is 6.92 Å². The first kappa shape index (κ1) is 27.4. The average molecular weight is 532 g/mol. The first-order chi connectivity index (χ1) is 18.3. The number of nitriles is 1. The Morgan fingerprint density at radius 3 is 2.53 bits per heavy atom. The van der Waals surface area contributed by atoms with Gasteiger partial charge in [-0.3, -0.25) is 0 Å². The van der Waals surface area contributed by atoms with E-state index in [0.717, 1.165) is 43.9 Å². The van der Waals surface area contributed by atoms with Crippen LogP contribution in [0.4, 0.5) is 29.3 Å². The van der Waals surface area contributed by atoms with E-state index >= 15 is 0 Å². The number of nitrogens with one attached hydrogen (secondary N) is 1. The summed E-state index contributed by atoms with van der Waals surface area (Å²) < 4.78 is 51.2. The summed E-state index contributed by atoms with van der Waals surface area (Å²) >= 11 is 0. The van der Waals surface area contributed by atoms with Crippen molar-refractivity contribution < 1.29 is 27.4 Å². The molecule has 0 atom stereocenters. The van der Waals surface area contributed by atoms with Gasteiger partial charge in [0.1, 0.15) is 6.10 Å². The Labute approximate surface area is 220 Å². The second-order valence-electron chi connectivity index (χ2n) is 9.55. The van der Waals surface area contributed by atoms with E-state index in [-0.39, 0.29) is 23.8 Å². The highest BCUT2D eigenvalue weighted by atomic mass is 19.4. The van der Waals surface area contributed by atoms with Gasteiger partial charge in [0.2, 0.25) is 5.88 Å². The molecule has 2 fully saturated rings. The number of carbonyl (C=O) groups is 1. The van der Waals surface area contributed by atoms with Crippen LogP contribution in [-0.4, -0.2) is 60.9 Å². The van der Waals surface area contributed by atoms with Gasteiger partial charge in [0.05, 0.1) is 23.8 Å². The Bertz CT molecular complexity index is 1140. The Morgan fingerprint density at radius 1 is 1.13 bits per heavy atom. The number of alkyl halides is 3. The molecule has 4 rings (SSSR count). The van der Waals surface area contributed by atoms with Crippen LogP contribution in [0, 0.1) is 11.3 Å². The molecular formula is C27H32F3N5O3. The summed E-state index contributed by atoms with van der Waals surface area (Å²) in [6.07, 6.45) is 0.581. The minimum absolute atomic E-state index is 0.0171. The molecule has 1 amide bonds. The van der Waals surface area contributed by atoms with Crippen LogP contribution in [0.15, 0.2) is 36.5 Å². The average Bonchev–Trinajstić information content (AvgIpc) is 2.92. The van der Waals surface area contributed by atoms with E-state index in [1.54, 1.807) is 17.2 Å². The smallest absolute Gasteiger partial charge is 0.417 e. The van der Waals surface area contributed by atoms with E-state index in [1.807, 2.05) is 19.1 Å². The zero-order valence-electron chi connectivity index (χ0n) is 21.3. The lowest BCUT2D eigenvalue weighted by molar-refractivity contribution is -0.137. The maximum Gasteiger partial charge on any atom is 0.417 e. The molecule has 1 saturated carbocycles. The third-order valence-corrected chi connectivity index (χ3v) is 6.83. The van der Waals surface area contributed by atoms with Crippen molar-refractivity contribution in [1.82, 2.24) is 9.88 Å². The maximum atomic E-state index is 13.3. The van der Waals surface area contributed by atoms with Gasteiger partial charge in [0.25, 0.3) is 0 Å². The van der Waals surface area contributed by atoms with Gasteiger partial charge in [-0.15, -0.1) is 0 Å². The summed E-state index contributed by atoms with van der Waals surface area (Å²) in [5.74, 6) is 0.533. The Hall–Kier alpha value is -3.68. The molecule has 0 unspecified atom stereocenters. The third-order valence-electron chi connectivity index (χ3n) is 6.83. The van der Waals surface area contributed by atoms with E-state index in [9.17, 15) is 18.0 Å². The summed E-state index contributed by atoms with van der Waals surface area (Å²) in [6, 6.07) is 9.18. The lowest BCUT2D eigenvalue weighted by Crippen LogP contribution is -2.49. The second kappa shape index (κ2) is 12.2. The summed E-state index contributed by atoms with van der Waals surface area (Å²) in [6.45, 7) is 4.93. The molecule has 11 heteroatoms. The summed E-state index contributed by atoms with van der Waals surface area (Å²) in [7, 11) is 0. The lowest BCUT2D eigenvalue weighted by atomic mass is 9.92. The van der Waals surface area contributed by atoms with E-state index in [4.69, 9.17) is 14.7 Å². The topological polar surface area (TPSA) is 90.7 Å². The molecule has 1 aliphatic carbocycles. The van der Waals surface area contributed by atoms with E-state index < -0.39 is 11.7 Å². The molecule has 2 heterocycles. The predicted octanol–water partition coefficient (Wildman–Crippen LogP) is 5.44. The number of aromatic nitrogens is 1. The number of carbonyl (C=O) groups excluding carboxylic acids is 1. The molecule has 1 saturated heterocycles. The molecule has 1 aliphatic heterocycles.